The second kappa shape index (κ2) is 11.6. The van der Waals surface area contributed by atoms with Crippen molar-refractivity contribution in [2.24, 2.45) is 16.5 Å². The second-order valence-corrected chi connectivity index (χ2v) is 9.74. The van der Waals surface area contributed by atoms with Gasteiger partial charge in [0.25, 0.3) is 5.91 Å². The van der Waals surface area contributed by atoms with E-state index in [4.69, 9.17) is 20.9 Å². The number of aliphatic imine (C=N–C) groups is 1. The Labute approximate surface area is 229 Å². The number of benzene rings is 3. The number of nitrogens with two attached hydrogens (primary N) is 2. The minimum atomic E-state index is -0.349. The highest BCUT2D eigenvalue weighted by molar-refractivity contribution is 6.04. The van der Waals surface area contributed by atoms with E-state index in [1.54, 1.807) is 36.4 Å². The number of hydrogen-bond acceptors (Lipinski definition) is 5. The van der Waals surface area contributed by atoms with Crippen LogP contribution in [0.25, 0.3) is 0 Å². The Morgan fingerprint density at radius 1 is 1.05 bits per heavy atom. The molecule has 3 aromatic rings. The number of phenols is 1. The smallest absolute Gasteiger partial charge is 0.255 e. The van der Waals surface area contributed by atoms with E-state index >= 15 is 0 Å². The van der Waals surface area contributed by atoms with Gasteiger partial charge in [0, 0.05) is 23.2 Å². The second-order valence-electron chi connectivity index (χ2n) is 9.74. The molecule has 1 aliphatic rings. The topological polar surface area (TPSA) is 132 Å². The van der Waals surface area contributed by atoms with Gasteiger partial charge in [0.1, 0.15) is 22.8 Å². The normalized spacial score (nSPS) is 15.9. The first kappa shape index (κ1) is 28.7. The van der Waals surface area contributed by atoms with Crippen molar-refractivity contribution in [3.8, 4) is 17.2 Å². The fourth-order valence-electron chi connectivity index (χ4n) is 4.53. The summed E-state index contributed by atoms with van der Waals surface area (Å²) in [5, 5.41) is 13.3. The Bertz CT molecular complexity index is 1340. The molecule has 0 spiro atoms. The summed E-state index contributed by atoms with van der Waals surface area (Å²) in [5.74, 6) is 1.71. The van der Waals surface area contributed by atoms with Crippen LogP contribution in [0.3, 0.4) is 0 Å². The number of anilines is 1. The lowest BCUT2D eigenvalue weighted by Crippen LogP contribution is -2.38. The minimum Gasteiger partial charge on any atom is -0.507 e. The van der Waals surface area contributed by atoms with Gasteiger partial charge in [-0.15, -0.1) is 12.4 Å². The molecule has 0 saturated heterocycles. The molecule has 1 aliphatic heterocycles. The number of halogens is 1. The fourth-order valence-corrected chi connectivity index (χ4v) is 4.53. The number of carbonyl (C=O) groups is 1. The predicted molar refractivity (Wildman–Crippen MR) is 153 cm³/mol. The molecule has 38 heavy (non-hydrogen) atoms. The van der Waals surface area contributed by atoms with E-state index in [-0.39, 0.29) is 29.9 Å². The maximum Gasteiger partial charge on any atom is 0.255 e. The minimum absolute atomic E-state index is 0. The van der Waals surface area contributed by atoms with E-state index in [9.17, 15) is 9.90 Å². The first-order chi connectivity index (χ1) is 17.6. The lowest BCUT2D eigenvalue weighted by atomic mass is 9.86. The van der Waals surface area contributed by atoms with Crippen LogP contribution < -0.4 is 26.3 Å². The van der Waals surface area contributed by atoms with Crippen LogP contribution in [-0.2, 0) is 6.42 Å². The quantitative estimate of drug-likeness (QED) is 0.233. The fraction of sp³-hybridized carbons (Fsp3) is 0.310. The van der Waals surface area contributed by atoms with Crippen molar-refractivity contribution < 1.29 is 19.4 Å². The van der Waals surface area contributed by atoms with E-state index < -0.39 is 0 Å². The van der Waals surface area contributed by atoms with Crippen molar-refractivity contribution in [1.82, 2.24) is 0 Å². The van der Waals surface area contributed by atoms with Gasteiger partial charge in [-0.05, 0) is 106 Å². The Hall–Kier alpha value is -3.91. The molecular formula is C29H35ClN4O4. The first-order valence-corrected chi connectivity index (χ1v) is 12.3. The van der Waals surface area contributed by atoms with Crippen LogP contribution >= 0.6 is 12.4 Å². The predicted octanol–water partition coefficient (Wildman–Crippen LogP) is 5.45. The molecule has 6 N–H and O–H groups in total. The summed E-state index contributed by atoms with van der Waals surface area (Å²) in [5.41, 5.74) is 16.0. The molecule has 0 radical (unpaired) electrons. The van der Waals surface area contributed by atoms with Crippen LogP contribution in [0.5, 0.6) is 17.2 Å². The third-order valence-corrected chi connectivity index (χ3v) is 6.99. The van der Waals surface area contributed by atoms with Gasteiger partial charge in [0.15, 0.2) is 5.96 Å². The summed E-state index contributed by atoms with van der Waals surface area (Å²) in [7, 11) is 0. The molecule has 3 aromatic carbocycles. The standard InChI is InChI=1S/C29H34N4O4.ClH/c1-17-18(2)26-24(19(3)25(17)34)13-14-29(4,37-26)15-16-36-23-11-9-21(10-12-23)32-27(35)20-5-7-22(8-6-20)33-28(30)31;/h5-12,34H,13-16H2,1-4H3,(H,32,35)(H4,30,31,33);1H. The number of aromatic hydroxyl groups is 1. The van der Waals surface area contributed by atoms with Crippen LogP contribution in [0.15, 0.2) is 53.5 Å². The molecule has 1 atom stereocenters. The van der Waals surface area contributed by atoms with E-state index in [1.807, 2.05) is 32.9 Å². The number of amides is 1. The number of rotatable bonds is 7. The summed E-state index contributed by atoms with van der Waals surface area (Å²) < 4.78 is 12.5. The van der Waals surface area contributed by atoms with Gasteiger partial charge in [0.2, 0.25) is 0 Å². The van der Waals surface area contributed by atoms with Crippen molar-refractivity contribution >= 4 is 35.6 Å². The molecule has 1 unspecified atom stereocenters. The molecule has 1 heterocycles. The van der Waals surface area contributed by atoms with Crippen molar-refractivity contribution in [1.29, 1.82) is 0 Å². The molecular weight excluding hydrogens is 504 g/mol. The summed E-state index contributed by atoms with van der Waals surface area (Å²) in [4.78, 5) is 16.5. The third kappa shape index (κ3) is 6.31. The molecule has 8 nitrogen and oxygen atoms in total. The molecule has 0 bridgehead atoms. The Balaban J connectivity index is 0.00000400. The summed E-state index contributed by atoms with van der Waals surface area (Å²) in [6.07, 6.45) is 2.43. The number of fused-ring (bicyclic) bond motifs is 1. The monoisotopic (exact) mass is 538 g/mol. The summed E-state index contributed by atoms with van der Waals surface area (Å²) in [6.45, 7) is 8.48. The van der Waals surface area contributed by atoms with Crippen LogP contribution in [0.1, 0.15) is 52.4 Å². The molecule has 0 saturated carbocycles. The number of nitrogens with one attached hydrogen (secondary N) is 1. The van der Waals surface area contributed by atoms with Crippen molar-refractivity contribution in [3.05, 3.63) is 76.3 Å². The number of guanidine groups is 1. The average Bonchev–Trinajstić information content (AvgIpc) is 2.87. The van der Waals surface area contributed by atoms with Crippen LogP contribution in [0, 0.1) is 20.8 Å². The van der Waals surface area contributed by atoms with E-state index in [0.717, 1.165) is 47.3 Å². The van der Waals surface area contributed by atoms with E-state index in [2.05, 4.69) is 17.2 Å². The van der Waals surface area contributed by atoms with Crippen molar-refractivity contribution in [3.63, 3.8) is 0 Å². The Morgan fingerprint density at radius 2 is 1.71 bits per heavy atom. The first-order valence-electron chi connectivity index (χ1n) is 12.3. The SMILES string of the molecule is Cc1c(C)c2c(c(C)c1O)CCC(C)(CCOc1ccc(NC(=O)c3ccc(N=C(N)N)cc3)cc1)O2.Cl. The molecule has 202 valence electrons. The van der Waals surface area contributed by atoms with Crippen molar-refractivity contribution in [2.75, 3.05) is 11.9 Å². The molecule has 0 fully saturated rings. The lowest BCUT2D eigenvalue weighted by molar-refractivity contribution is 0.0411. The zero-order valence-corrected chi connectivity index (χ0v) is 22.9. The summed E-state index contributed by atoms with van der Waals surface area (Å²) >= 11 is 0. The molecule has 9 heteroatoms. The van der Waals surface area contributed by atoms with Gasteiger partial charge in [-0.25, -0.2) is 4.99 Å². The van der Waals surface area contributed by atoms with Crippen LogP contribution in [0.4, 0.5) is 11.4 Å². The van der Waals surface area contributed by atoms with Gasteiger partial charge in [0.05, 0.1) is 12.3 Å². The maximum absolute atomic E-state index is 12.5. The van der Waals surface area contributed by atoms with Crippen LogP contribution in [-0.4, -0.2) is 29.2 Å². The van der Waals surface area contributed by atoms with E-state index in [0.29, 0.717) is 35.0 Å². The van der Waals surface area contributed by atoms with Crippen LogP contribution in [0.2, 0.25) is 0 Å². The average molecular weight is 539 g/mol. The molecule has 0 aromatic heterocycles. The van der Waals surface area contributed by atoms with Gasteiger partial charge < -0.3 is 31.4 Å². The maximum atomic E-state index is 12.5. The third-order valence-electron chi connectivity index (χ3n) is 6.99. The van der Waals surface area contributed by atoms with E-state index in [1.165, 1.54) is 0 Å². The Kier molecular flexibility index (Phi) is 8.78. The summed E-state index contributed by atoms with van der Waals surface area (Å²) in [6, 6.07) is 13.9. The number of ether oxygens (including phenoxy) is 2. The van der Waals surface area contributed by atoms with Gasteiger partial charge in [-0.3, -0.25) is 4.79 Å². The lowest BCUT2D eigenvalue weighted by Gasteiger charge is -2.38. The zero-order valence-electron chi connectivity index (χ0n) is 22.1. The molecule has 4 rings (SSSR count). The Morgan fingerprint density at radius 3 is 2.34 bits per heavy atom. The van der Waals surface area contributed by atoms with Gasteiger partial charge in [-0.1, -0.05) is 0 Å². The number of hydrogen-bond donors (Lipinski definition) is 4. The van der Waals surface area contributed by atoms with Gasteiger partial charge >= 0.3 is 0 Å². The van der Waals surface area contributed by atoms with Gasteiger partial charge in [-0.2, -0.15) is 0 Å². The largest absolute Gasteiger partial charge is 0.507 e. The van der Waals surface area contributed by atoms with Crippen molar-refractivity contribution in [2.45, 2.75) is 52.6 Å². The zero-order chi connectivity index (χ0) is 26.7. The number of carbonyl (C=O) groups excluding carboxylic acids is 1. The molecule has 1 amide bonds. The highest BCUT2D eigenvalue weighted by Crippen LogP contribution is 2.44. The molecule has 0 aliphatic carbocycles. The highest BCUT2D eigenvalue weighted by atomic mass is 35.5. The highest BCUT2D eigenvalue weighted by Gasteiger charge is 2.34. The number of nitrogens with zero attached hydrogens (tertiary/aromatic N) is 1. The number of phenolic OH excluding ortho intramolecular Hbond substituents is 1.